The molecule has 1 aliphatic rings. The van der Waals surface area contributed by atoms with Gasteiger partial charge in [0.05, 0.1) is 0 Å². The van der Waals surface area contributed by atoms with Gasteiger partial charge in [0.2, 0.25) is 0 Å². The Labute approximate surface area is 124 Å². The molecule has 0 bridgehead atoms. The van der Waals surface area contributed by atoms with E-state index in [2.05, 4.69) is 14.9 Å². The average Bonchev–Trinajstić information content (AvgIpc) is 2.91. The van der Waals surface area contributed by atoms with E-state index in [4.69, 9.17) is 11.9 Å². The molecule has 1 saturated heterocycles. The number of hydrogen-bond acceptors (Lipinski definition) is 4. The molecule has 2 N–H and O–H groups in total. The van der Waals surface area contributed by atoms with Crippen LogP contribution in [0.5, 0.6) is 0 Å². The Morgan fingerprint density at radius 3 is 2.71 bits per heavy atom. The summed E-state index contributed by atoms with van der Waals surface area (Å²) in [6, 6.07) is 2.44. The summed E-state index contributed by atoms with van der Waals surface area (Å²) in [5.41, 5.74) is -0.115. The Hall–Kier alpha value is -2.35. The van der Waals surface area contributed by atoms with E-state index in [0.717, 1.165) is 11.0 Å². The number of nitrogens with zero attached hydrogens (tertiary/aromatic N) is 1. The Kier molecular flexibility index (Phi) is 4.59. The van der Waals surface area contributed by atoms with Crippen molar-refractivity contribution in [3.05, 3.63) is 35.6 Å². The van der Waals surface area contributed by atoms with Gasteiger partial charge in [0, 0.05) is 18.7 Å². The molecule has 9 heteroatoms. The summed E-state index contributed by atoms with van der Waals surface area (Å²) in [4.78, 5) is 35.8. The summed E-state index contributed by atoms with van der Waals surface area (Å²) in [5.74, 6) is -1.77. The normalized spacial score (nSPS) is 15.3. The van der Waals surface area contributed by atoms with Gasteiger partial charge in [0.1, 0.15) is 17.7 Å². The summed E-state index contributed by atoms with van der Waals surface area (Å²) in [6.45, 7) is 0.446. The maximum absolute atomic E-state index is 13.7. The zero-order valence-corrected chi connectivity index (χ0v) is 11.4. The fraction of sp³-hybridized carbons (Fsp3) is 0.250. The van der Waals surface area contributed by atoms with Crippen LogP contribution < -0.4 is 10.6 Å². The van der Waals surface area contributed by atoms with Crippen molar-refractivity contribution < 1.29 is 23.1 Å². The fourth-order valence-corrected chi connectivity index (χ4v) is 1.97. The summed E-state index contributed by atoms with van der Waals surface area (Å²) in [6.07, 6.45) is 0. The van der Waals surface area contributed by atoms with Crippen LogP contribution in [0.3, 0.4) is 0 Å². The molecule has 7 nitrogen and oxygen atoms in total. The second kappa shape index (κ2) is 6.40. The number of carbonyl (C=O) groups excluding carboxylic acids is 3. The maximum atomic E-state index is 13.7. The number of amides is 4. The van der Waals surface area contributed by atoms with Crippen LogP contribution in [0, 0.1) is 5.82 Å². The summed E-state index contributed by atoms with van der Waals surface area (Å²) >= 11 is 5.00. The van der Waals surface area contributed by atoms with Crippen molar-refractivity contribution in [2.75, 3.05) is 13.1 Å². The molecule has 0 radical (unpaired) electrons. The van der Waals surface area contributed by atoms with Gasteiger partial charge < -0.3 is 14.9 Å². The van der Waals surface area contributed by atoms with E-state index in [1.165, 1.54) is 18.2 Å². The van der Waals surface area contributed by atoms with Crippen LogP contribution in [-0.4, -0.2) is 36.0 Å². The molecular formula is C12H11ClFN3O4. The largest absolute Gasteiger partial charge is 0.351 e. The van der Waals surface area contributed by atoms with Crippen LogP contribution in [0.15, 0.2) is 24.3 Å². The van der Waals surface area contributed by atoms with Crippen LogP contribution in [0.25, 0.3) is 0 Å². The molecule has 1 aromatic rings. The third-order valence-electron chi connectivity index (χ3n) is 2.90. The molecule has 1 unspecified atom stereocenters. The van der Waals surface area contributed by atoms with Crippen molar-refractivity contribution in [2.24, 2.45) is 0 Å². The molecule has 112 valence electrons. The Bertz CT molecular complexity index is 583. The molecule has 1 aliphatic heterocycles. The molecular weight excluding hydrogens is 305 g/mol. The van der Waals surface area contributed by atoms with Crippen molar-refractivity contribution >= 4 is 29.9 Å². The highest BCUT2D eigenvalue weighted by Gasteiger charge is 2.32. The molecule has 2 rings (SSSR count). The van der Waals surface area contributed by atoms with E-state index in [1.807, 2.05) is 0 Å². The summed E-state index contributed by atoms with van der Waals surface area (Å²) in [5, 5.41) is 4.65. The predicted molar refractivity (Wildman–Crippen MR) is 69.7 cm³/mol. The van der Waals surface area contributed by atoms with Crippen LogP contribution in [0.4, 0.5) is 14.0 Å². The van der Waals surface area contributed by atoms with Gasteiger partial charge in [-0.3, -0.25) is 0 Å². The molecule has 0 saturated carbocycles. The average molecular weight is 316 g/mol. The van der Waals surface area contributed by atoms with Gasteiger partial charge in [0.15, 0.2) is 6.04 Å². The monoisotopic (exact) mass is 315 g/mol. The quantitative estimate of drug-likeness (QED) is 0.880. The lowest BCUT2D eigenvalue weighted by Gasteiger charge is -2.19. The van der Waals surface area contributed by atoms with Gasteiger partial charge in [-0.15, -0.1) is 0 Å². The second-order valence-corrected chi connectivity index (χ2v) is 4.34. The maximum Gasteiger partial charge on any atom is 0.351 e. The van der Waals surface area contributed by atoms with E-state index in [-0.39, 0.29) is 12.1 Å². The topological polar surface area (TPSA) is 87.7 Å². The van der Waals surface area contributed by atoms with Crippen LogP contribution in [-0.2, 0) is 9.08 Å². The predicted octanol–water partition coefficient (Wildman–Crippen LogP) is 1.30. The molecule has 0 spiro atoms. The smallest absolute Gasteiger partial charge is 0.345 e. The van der Waals surface area contributed by atoms with Crippen LogP contribution in [0.1, 0.15) is 11.6 Å². The Morgan fingerprint density at radius 2 is 2.14 bits per heavy atom. The van der Waals surface area contributed by atoms with E-state index in [0.29, 0.717) is 6.54 Å². The fourth-order valence-electron chi connectivity index (χ4n) is 1.88. The van der Waals surface area contributed by atoms with E-state index in [9.17, 15) is 18.8 Å². The minimum Gasteiger partial charge on any atom is -0.345 e. The molecule has 1 heterocycles. The standard InChI is InChI=1S/C12H11ClFN3O4/c13-21-10(18)9(7-3-1-2-4-8(7)14)16-12(20)17-6-5-15-11(17)19/h1-4,9H,5-6H2,(H,15,19)(H,16,20). The molecule has 4 amide bonds. The lowest BCUT2D eigenvalue weighted by Crippen LogP contribution is -2.45. The van der Waals surface area contributed by atoms with Gasteiger partial charge in [-0.25, -0.2) is 23.7 Å². The van der Waals surface area contributed by atoms with Crippen molar-refractivity contribution in [3.63, 3.8) is 0 Å². The van der Waals surface area contributed by atoms with Crippen molar-refractivity contribution in [1.82, 2.24) is 15.5 Å². The first kappa shape index (κ1) is 15.0. The molecule has 1 fully saturated rings. The summed E-state index contributed by atoms with van der Waals surface area (Å²) < 4.78 is 17.8. The zero-order chi connectivity index (χ0) is 15.4. The first-order valence-corrected chi connectivity index (χ1v) is 6.28. The number of nitrogens with one attached hydrogen (secondary N) is 2. The van der Waals surface area contributed by atoms with Crippen molar-refractivity contribution in [2.45, 2.75) is 6.04 Å². The Morgan fingerprint density at radius 1 is 1.43 bits per heavy atom. The number of rotatable bonds is 3. The number of imide groups is 1. The van der Waals surface area contributed by atoms with Gasteiger partial charge in [-0.2, -0.15) is 0 Å². The molecule has 0 aliphatic carbocycles. The third-order valence-corrected chi connectivity index (χ3v) is 3.05. The minimum absolute atomic E-state index is 0.115. The summed E-state index contributed by atoms with van der Waals surface area (Å²) in [7, 11) is 0. The van der Waals surface area contributed by atoms with E-state index >= 15 is 0 Å². The third kappa shape index (κ3) is 3.22. The highest BCUT2D eigenvalue weighted by atomic mass is 35.5. The van der Waals surface area contributed by atoms with Gasteiger partial charge >= 0.3 is 18.0 Å². The number of halogens is 2. The number of hydrogen-bond donors (Lipinski definition) is 2. The van der Waals surface area contributed by atoms with Crippen molar-refractivity contribution in [3.8, 4) is 0 Å². The molecule has 1 atom stereocenters. The lowest BCUT2D eigenvalue weighted by molar-refractivity contribution is -0.136. The molecule has 0 aromatic heterocycles. The molecule has 1 aromatic carbocycles. The Balaban J connectivity index is 2.21. The van der Waals surface area contributed by atoms with Crippen molar-refractivity contribution in [1.29, 1.82) is 0 Å². The van der Waals surface area contributed by atoms with Crippen LogP contribution >= 0.6 is 11.9 Å². The van der Waals surface area contributed by atoms with E-state index < -0.39 is 29.9 Å². The zero-order valence-electron chi connectivity index (χ0n) is 10.6. The SMILES string of the molecule is O=C(OCl)C(NC(=O)N1CCNC1=O)c1ccccc1F. The van der Waals surface area contributed by atoms with E-state index in [1.54, 1.807) is 0 Å². The highest BCUT2D eigenvalue weighted by molar-refractivity contribution is 6.14. The van der Waals surface area contributed by atoms with Crippen LogP contribution in [0.2, 0.25) is 0 Å². The second-order valence-electron chi connectivity index (χ2n) is 4.18. The molecule has 21 heavy (non-hydrogen) atoms. The minimum atomic E-state index is -1.45. The first-order chi connectivity index (χ1) is 10.0. The highest BCUT2D eigenvalue weighted by Crippen LogP contribution is 2.19. The first-order valence-electron chi connectivity index (χ1n) is 5.97. The van der Waals surface area contributed by atoms with Gasteiger partial charge in [-0.05, 0) is 6.07 Å². The number of benzene rings is 1. The number of carbonyl (C=O) groups is 3. The van der Waals surface area contributed by atoms with Gasteiger partial charge in [-0.1, -0.05) is 18.2 Å². The lowest BCUT2D eigenvalue weighted by atomic mass is 10.1. The van der Waals surface area contributed by atoms with Gasteiger partial charge in [0.25, 0.3) is 0 Å². The number of urea groups is 2.